The van der Waals surface area contributed by atoms with Crippen LogP contribution in [0.15, 0.2) is 18.2 Å². The van der Waals surface area contributed by atoms with Gasteiger partial charge in [0.05, 0.1) is 0 Å². The van der Waals surface area contributed by atoms with E-state index in [9.17, 15) is 9.18 Å². The third-order valence-corrected chi connectivity index (χ3v) is 2.77. The molecule has 1 amide bonds. The molecule has 0 spiro atoms. The summed E-state index contributed by atoms with van der Waals surface area (Å²) in [5.74, 6) is -0.257. The topological polar surface area (TPSA) is 41.1 Å². The fourth-order valence-corrected chi connectivity index (χ4v) is 1.72. The van der Waals surface area contributed by atoms with Gasteiger partial charge < -0.3 is 10.6 Å². The Morgan fingerprint density at radius 1 is 1.44 bits per heavy atom. The zero-order valence-electron chi connectivity index (χ0n) is 11.2. The molecule has 1 rings (SSSR count). The molecule has 0 saturated carbocycles. The molecular formula is C14H21FN2O. The highest BCUT2D eigenvalue weighted by molar-refractivity contribution is 5.76. The molecule has 0 aliphatic heterocycles. The van der Waals surface area contributed by atoms with Crippen molar-refractivity contribution in [2.45, 2.75) is 39.8 Å². The predicted molar refractivity (Wildman–Crippen MR) is 70.7 cm³/mol. The van der Waals surface area contributed by atoms with Crippen molar-refractivity contribution in [2.75, 3.05) is 6.54 Å². The standard InChI is InChI=1S/C14H21FN2O/c1-4-16-11(3)7-14(18)17-9-12-6-5-10(2)13(15)8-12/h5-6,8,11,16H,4,7,9H2,1-3H3,(H,17,18). The van der Waals surface area contributed by atoms with Crippen LogP contribution in [0.3, 0.4) is 0 Å². The number of hydrogen-bond donors (Lipinski definition) is 2. The Balaban J connectivity index is 2.40. The lowest BCUT2D eigenvalue weighted by Crippen LogP contribution is -2.33. The minimum absolute atomic E-state index is 0.0237. The minimum Gasteiger partial charge on any atom is -0.352 e. The summed E-state index contributed by atoms with van der Waals surface area (Å²) in [6.07, 6.45) is 0.433. The van der Waals surface area contributed by atoms with Crippen molar-refractivity contribution in [1.82, 2.24) is 10.6 Å². The van der Waals surface area contributed by atoms with Crippen LogP contribution in [0, 0.1) is 12.7 Å². The van der Waals surface area contributed by atoms with Crippen LogP contribution < -0.4 is 10.6 Å². The zero-order valence-corrected chi connectivity index (χ0v) is 11.2. The SMILES string of the molecule is CCNC(C)CC(=O)NCc1ccc(C)c(F)c1. The number of benzene rings is 1. The third kappa shape index (κ3) is 4.84. The zero-order chi connectivity index (χ0) is 13.5. The largest absolute Gasteiger partial charge is 0.352 e. The second kappa shape index (κ2) is 7.11. The molecular weight excluding hydrogens is 231 g/mol. The third-order valence-electron chi connectivity index (χ3n) is 2.77. The fourth-order valence-electron chi connectivity index (χ4n) is 1.72. The number of carbonyl (C=O) groups is 1. The number of aryl methyl sites for hydroxylation is 1. The Labute approximate surface area is 108 Å². The van der Waals surface area contributed by atoms with Gasteiger partial charge in [-0.15, -0.1) is 0 Å². The van der Waals surface area contributed by atoms with E-state index in [1.807, 2.05) is 19.9 Å². The van der Waals surface area contributed by atoms with E-state index in [0.29, 0.717) is 18.5 Å². The average molecular weight is 252 g/mol. The molecule has 0 bridgehead atoms. The second-order valence-electron chi connectivity index (χ2n) is 4.52. The Bertz CT molecular complexity index is 407. The van der Waals surface area contributed by atoms with E-state index in [2.05, 4.69) is 10.6 Å². The van der Waals surface area contributed by atoms with Crippen molar-refractivity contribution in [1.29, 1.82) is 0 Å². The van der Waals surface area contributed by atoms with Crippen molar-refractivity contribution < 1.29 is 9.18 Å². The van der Waals surface area contributed by atoms with Gasteiger partial charge in [0.15, 0.2) is 0 Å². The van der Waals surface area contributed by atoms with Gasteiger partial charge in [0.1, 0.15) is 5.82 Å². The number of hydrogen-bond acceptors (Lipinski definition) is 2. The van der Waals surface area contributed by atoms with Crippen LogP contribution in [0.5, 0.6) is 0 Å². The van der Waals surface area contributed by atoms with E-state index in [1.165, 1.54) is 6.07 Å². The predicted octanol–water partition coefficient (Wildman–Crippen LogP) is 2.14. The molecule has 1 atom stereocenters. The summed E-state index contributed by atoms with van der Waals surface area (Å²) in [7, 11) is 0. The summed E-state index contributed by atoms with van der Waals surface area (Å²) < 4.78 is 13.3. The van der Waals surface area contributed by atoms with Crippen molar-refractivity contribution in [3.63, 3.8) is 0 Å². The van der Waals surface area contributed by atoms with Crippen LogP contribution in [0.2, 0.25) is 0 Å². The molecule has 0 aliphatic carbocycles. The van der Waals surface area contributed by atoms with E-state index in [4.69, 9.17) is 0 Å². The maximum atomic E-state index is 13.3. The van der Waals surface area contributed by atoms with Crippen molar-refractivity contribution in [3.05, 3.63) is 35.1 Å². The molecule has 2 N–H and O–H groups in total. The quantitative estimate of drug-likeness (QED) is 0.814. The molecule has 18 heavy (non-hydrogen) atoms. The summed E-state index contributed by atoms with van der Waals surface area (Å²) in [6.45, 7) is 6.90. The van der Waals surface area contributed by atoms with Crippen LogP contribution in [0.25, 0.3) is 0 Å². The second-order valence-corrected chi connectivity index (χ2v) is 4.52. The van der Waals surface area contributed by atoms with E-state index in [-0.39, 0.29) is 17.8 Å². The molecule has 0 saturated heterocycles. The van der Waals surface area contributed by atoms with E-state index in [1.54, 1.807) is 13.0 Å². The first-order chi connectivity index (χ1) is 8.52. The summed E-state index contributed by atoms with van der Waals surface area (Å²) in [6, 6.07) is 5.16. The van der Waals surface area contributed by atoms with Crippen LogP contribution in [0.1, 0.15) is 31.4 Å². The number of rotatable bonds is 6. The normalized spacial score (nSPS) is 12.2. The first kappa shape index (κ1) is 14.6. The van der Waals surface area contributed by atoms with Crippen LogP contribution >= 0.6 is 0 Å². The van der Waals surface area contributed by atoms with Crippen LogP contribution in [-0.2, 0) is 11.3 Å². The first-order valence-corrected chi connectivity index (χ1v) is 6.28. The molecule has 100 valence electrons. The van der Waals surface area contributed by atoms with Gasteiger partial charge in [-0.05, 0) is 37.6 Å². The molecule has 1 aromatic carbocycles. The molecule has 0 aromatic heterocycles. The molecule has 1 unspecified atom stereocenters. The summed E-state index contributed by atoms with van der Waals surface area (Å²) in [5.41, 5.74) is 1.40. The molecule has 0 radical (unpaired) electrons. The van der Waals surface area contributed by atoms with Crippen LogP contribution in [-0.4, -0.2) is 18.5 Å². The molecule has 3 nitrogen and oxygen atoms in total. The first-order valence-electron chi connectivity index (χ1n) is 6.28. The fraction of sp³-hybridized carbons (Fsp3) is 0.500. The van der Waals surface area contributed by atoms with Gasteiger partial charge in [-0.2, -0.15) is 0 Å². The lowest BCUT2D eigenvalue weighted by molar-refractivity contribution is -0.121. The number of nitrogens with one attached hydrogen (secondary N) is 2. The molecule has 0 fully saturated rings. The highest BCUT2D eigenvalue weighted by Crippen LogP contribution is 2.08. The van der Waals surface area contributed by atoms with Gasteiger partial charge in [-0.25, -0.2) is 4.39 Å². The monoisotopic (exact) mass is 252 g/mol. The van der Waals surface area contributed by atoms with E-state index in [0.717, 1.165) is 12.1 Å². The Morgan fingerprint density at radius 3 is 2.78 bits per heavy atom. The van der Waals surface area contributed by atoms with Crippen molar-refractivity contribution >= 4 is 5.91 Å². The Morgan fingerprint density at radius 2 is 2.17 bits per heavy atom. The minimum atomic E-state index is -0.234. The summed E-state index contributed by atoms with van der Waals surface area (Å²) in [4.78, 5) is 11.6. The number of amides is 1. The van der Waals surface area contributed by atoms with Gasteiger partial charge in [0, 0.05) is 19.0 Å². The van der Waals surface area contributed by atoms with Gasteiger partial charge in [-0.1, -0.05) is 19.1 Å². The highest BCUT2D eigenvalue weighted by atomic mass is 19.1. The van der Waals surface area contributed by atoms with E-state index >= 15 is 0 Å². The van der Waals surface area contributed by atoms with Gasteiger partial charge in [-0.3, -0.25) is 4.79 Å². The van der Waals surface area contributed by atoms with Gasteiger partial charge in [0.2, 0.25) is 5.91 Å². The maximum absolute atomic E-state index is 13.3. The Hall–Kier alpha value is -1.42. The van der Waals surface area contributed by atoms with E-state index < -0.39 is 0 Å². The lowest BCUT2D eigenvalue weighted by atomic mass is 10.1. The molecule has 4 heteroatoms. The average Bonchev–Trinajstić information content (AvgIpc) is 2.31. The Kier molecular flexibility index (Phi) is 5.78. The van der Waals surface area contributed by atoms with Crippen molar-refractivity contribution in [3.8, 4) is 0 Å². The van der Waals surface area contributed by atoms with Gasteiger partial charge in [0.25, 0.3) is 0 Å². The molecule has 0 heterocycles. The highest BCUT2D eigenvalue weighted by Gasteiger charge is 2.07. The lowest BCUT2D eigenvalue weighted by Gasteiger charge is -2.12. The number of halogens is 1. The smallest absolute Gasteiger partial charge is 0.221 e. The van der Waals surface area contributed by atoms with Crippen molar-refractivity contribution in [2.24, 2.45) is 0 Å². The number of carbonyl (C=O) groups excluding carboxylic acids is 1. The summed E-state index contributed by atoms with van der Waals surface area (Å²) >= 11 is 0. The molecule has 0 aliphatic rings. The van der Waals surface area contributed by atoms with Crippen LogP contribution in [0.4, 0.5) is 4.39 Å². The summed E-state index contributed by atoms with van der Waals surface area (Å²) in [5, 5.41) is 5.96. The van der Waals surface area contributed by atoms with Gasteiger partial charge >= 0.3 is 0 Å². The molecule has 1 aromatic rings. The maximum Gasteiger partial charge on any atom is 0.221 e.